The van der Waals surface area contributed by atoms with Crippen LogP contribution >= 0.6 is 0 Å². The monoisotopic (exact) mass is 197 g/mol. The van der Waals surface area contributed by atoms with Crippen LogP contribution in [0.1, 0.15) is 19.3 Å². The largest absolute Gasteiger partial charge is 0.305 e. The summed E-state index contributed by atoms with van der Waals surface area (Å²) in [5.41, 5.74) is 0. The molecule has 82 valence electrons. The number of likely N-dealkylation sites (N-methyl/N-ethyl adjacent to an activating group) is 1. The highest BCUT2D eigenvalue weighted by Crippen LogP contribution is 2.09. The molecule has 0 bridgehead atoms. The summed E-state index contributed by atoms with van der Waals surface area (Å²) >= 11 is 0. The average Bonchev–Trinajstić information content (AvgIpc) is 2.58. The van der Waals surface area contributed by atoms with Gasteiger partial charge in [0.05, 0.1) is 6.67 Å². The van der Waals surface area contributed by atoms with Gasteiger partial charge in [-0.3, -0.25) is 9.80 Å². The first-order chi connectivity index (χ1) is 6.84. The Balaban J connectivity index is 1.73. The second-order valence-corrected chi connectivity index (χ2v) is 4.74. The second-order valence-electron chi connectivity index (χ2n) is 4.74. The van der Waals surface area contributed by atoms with Crippen molar-refractivity contribution >= 4 is 0 Å². The summed E-state index contributed by atoms with van der Waals surface area (Å²) in [5.74, 6) is 0. The summed E-state index contributed by atoms with van der Waals surface area (Å²) in [6.45, 7) is 8.94. The first kappa shape index (κ1) is 10.4. The quantitative estimate of drug-likeness (QED) is 0.644. The van der Waals surface area contributed by atoms with Crippen molar-refractivity contribution in [3.8, 4) is 0 Å². The van der Waals surface area contributed by atoms with Crippen molar-refractivity contribution in [3.63, 3.8) is 0 Å². The van der Waals surface area contributed by atoms with Crippen LogP contribution in [0.25, 0.3) is 0 Å². The number of likely N-dealkylation sites (tertiary alicyclic amines) is 1. The van der Waals surface area contributed by atoms with E-state index in [0.717, 1.165) is 0 Å². The number of hydrogen-bond acceptors (Lipinski definition) is 3. The minimum Gasteiger partial charge on any atom is -0.305 e. The third-order valence-electron chi connectivity index (χ3n) is 3.41. The van der Waals surface area contributed by atoms with Gasteiger partial charge in [0.2, 0.25) is 0 Å². The number of hydrogen-bond donors (Lipinski definition) is 0. The molecule has 0 atom stereocenters. The summed E-state index contributed by atoms with van der Waals surface area (Å²) < 4.78 is 0. The van der Waals surface area contributed by atoms with Crippen LogP contribution in [-0.2, 0) is 0 Å². The van der Waals surface area contributed by atoms with Crippen LogP contribution in [0.15, 0.2) is 0 Å². The maximum Gasteiger partial charge on any atom is 0.0506 e. The maximum absolute atomic E-state index is 2.62. The van der Waals surface area contributed by atoms with Crippen LogP contribution in [0.4, 0.5) is 0 Å². The van der Waals surface area contributed by atoms with Crippen molar-refractivity contribution in [2.45, 2.75) is 19.3 Å². The van der Waals surface area contributed by atoms with Crippen molar-refractivity contribution < 1.29 is 0 Å². The smallest absolute Gasteiger partial charge is 0.0506 e. The van der Waals surface area contributed by atoms with E-state index in [1.807, 2.05) is 0 Å². The Hall–Kier alpha value is -0.120. The summed E-state index contributed by atoms with van der Waals surface area (Å²) in [6, 6.07) is 0. The minimum absolute atomic E-state index is 1.22. The number of nitrogens with zero attached hydrogens (tertiary/aromatic N) is 3. The van der Waals surface area contributed by atoms with E-state index in [1.165, 1.54) is 65.2 Å². The first-order valence-electron chi connectivity index (χ1n) is 5.98. The third kappa shape index (κ3) is 2.94. The van der Waals surface area contributed by atoms with E-state index in [2.05, 4.69) is 21.7 Å². The van der Waals surface area contributed by atoms with Crippen molar-refractivity contribution in [1.82, 2.24) is 14.7 Å². The van der Waals surface area contributed by atoms with Gasteiger partial charge >= 0.3 is 0 Å². The zero-order valence-electron chi connectivity index (χ0n) is 9.41. The molecule has 2 heterocycles. The number of rotatable bonds is 2. The Labute approximate surface area is 87.7 Å². The molecule has 0 aliphatic carbocycles. The van der Waals surface area contributed by atoms with Crippen LogP contribution in [0.3, 0.4) is 0 Å². The lowest BCUT2D eigenvalue weighted by molar-refractivity contribution is 0.158. The average molecular weight is 197 g/mol. The van der Waals surface area contributed by atoms with Crippen molar-refractivity contribution in [3.05, 3.63) is 0 Å². The molecule has 2 fully saturated rings. The fraction of sp³-hybridized carbons (Fsp3) is 1.00. The third-order valence-corrected chi connectivity index (χ3v) is 3.41. The molecule has 0 radical (unpaired) electrons. The van der Waals surface area contributed by atoms with Gasteiger partial charge in [-0.1, -0.05) is 0 Å². The molecule has 0 amide bonds. The van der Waals surface area contributed by atoms with Crippen molar-refractivity contribution in [2.75, 3.05) is 53.0 Å². The highest BCUT2D eigenvalue weighted by atomic mass is 15.3. The molecule has 14 heavy (non-hydrogen) atoms. The fourth-order valence-corrected chi connectivity index (χ4v) is 2.45. The molecule has 3 heteroatoms. The van der Waals surface area contributed by atoms with Crippen molar-refractivity contribution in [1.29, 1.82) is 0 Å². The van der Waals surface area contributed by atoms with Gasteiger partial charge in [-0.25, -0.2) is 0 Å². The summed E-state index contributed by atoms with van der Waals surface area (Å²) in [6.07, 6.45) is 4.16. The van der Waals surface area contributed by atoms with E-state index in [0.29, 0.717) is 0 Å². The highest BCUT2D eigenvalue weighted by Gasteiger charge is 2.17. The van der Waals surface area contributed by atoms with Crippen molar-refractivity contribution in [2.24, 2.45) is 0 Å². The molecule has 0 aromatic rings. The van der Waals surface area contributed by atoms with Gasteiger partial charge in [0.1, 0.15) is 0 Å². The zero-order valence-corrected chi connectivity index (χ0v) is 9.41. The molecule has 2 rings (SSSR count). The van der Waals surface area contributed by atoms with E-state index in [-0.39, 0.29) is 0 Å². The van der Waals surface area contributed by atoms with Gasteiger partial charge < -0.3 is 4.90 Å². The minimum atomic E-state index is 1.22. The van der Waals surface area contributed by atoms with Gasteiger partial charge in [-0.05, 0) is 45.9 Å². The van der Waals surface area contributed by atoms with Crippen LogP contribution in [0.2, 0.25) is 0 Å². The van der Waals surface area contributed by atoms with Gasteiger partial charge in [0, 0.05) is 19.6 Å². The Morgan fingerprint density at radius 1 is 0.714 bits per heavy atom. The topological polar surface area (TPSA) is 9.72 Å². The fourth-order valence-electron chi connectivity index (χ4n) is 2.45. The SMILES string of the molecule is CN1CCCN(CN2CCCC2)CC1. The van der Waals surface area contributed by atoms with Crippen LogP contribution in [0, 0.1) is 0 Å². The van der Waals surface area contributed by atoms with Gasteiger partial charge in [0.15, 0.2) is 0 Å². The molecule has 2 aliphatic heterocycles. The molecule has 0 unspecified atom stereocenters. The van der Waals surface area contributed by atoms with Crippen LogP contribution in [-0.4, -0.2) is 67.7 Å². The van der Waals surface area contributed by atoms with Gasteiger partial charge in [0.25, 0.3) is 0 Å². The van der Waals surface area contributed by atoms with Gasteiger partial charge in [-0.15, -0.1) is 0 Å². The van der Waals surface area contributed by atoms with E-state index >= 15 is 0 Å². The Morgan fingerprint density at radius 3 is 2.14 bits per heavy atom. The van der Waals surface area contributed by atoms with Gasteiger partial charge in [-0.2, -0.15) is 0 Å². The van der Waals surface area contributed by atoms with E-state index in [1.54, 1.807) is 0 Å². The molecule has 0 aromatic heterocycles. The molecule has 0 N–H and O–H groups in total. The van der Waals surface area contributed by atoms with E-state index < -0.39 is 0 Å². The summed E-state index contributed by atoms with van der Waals surface area (Å²) in [5, 5.41) is 0. The zero-order chi connectivity index (χ0) is 9.80. The van der Waals surface area contributed by atoms with Crippen LogP contribution in [0.5, 0.6) is 0 Å². The molecule has 2 saturated heterocycles. The summed E-state index contributed by atoms with van der Waals surface area (Å²) in [7, 11) is 2.24. The molecule has 0 spiro atoms. The molecular weight excluding hydrogens is 174 g/mol. The van der Waals surface area contributed by atoms with Crippen LogP contribution < -0.4 is 0 Å². The predicted molar refractivity (Wildman–Crippen MR) is 59.4 cm³/mol. The lowest BCUT2D eigenvalue weighted by atomic mass is 10.4. The van der Waals surface area contributed by atoms with E-state index in [9.17, 15) is 0 Å². The molecule has 0 aromatic carbocycles. The molecule has 3 nitrogen and oxygen atoms in total. The van der Waals surface area contributed by atoms with E-state index in [4.69, 9.17) is 0 Å². The predicted octanol–water partition coefficient (Wildman–Crippen LogP) is 0.677. The lowest BCUT2D eigenvalue weighted by Crippen LogP contribution is -2.38. The molecular formula is C11H23N3. The second kappa shape index (κ2) is 5.10. The maximum atomic E-state index is 2.62. The molecule has 2 aliphatic rings. The summed E-state index contributed by atoms with van der Waals surface area (Å²) in [4.78, 5) is 7.67. The Morgan fingerprint density at radius 2 is 1.36 bits per heavy atom. The Kier molecular flexibility index (Phi) is 3.79. The lowest BCUT2D eigenvalue weighted by Gasteiger charge is -2.26. The highest BCUT2D eigenvalue weighted by molar-refractivity contribution is 4.70. The first-order valence-corrected chi connectivity index (χ1v) is 5.98. The molecule has 0 saturated carbocycles. The normalized spacial score (nSPS) is 28.1. The Bertz CT molecular complexity index is 166. The standard InChI is InChI=1S/C11H23N3/c1-12-5-4-8-14(10-9-12)11-13-6-2-3-7-13/h2-11H2,1H3.